The summed E-state index contributed by atoms with van der Waals surface area (Å²) in [6.45, 7) is 2.05. The van der Waals surface area contributed by atoms with E-state index >= 15 is 0 Å². The molecule has 6 heteroatoms. The van der Waals surface area contributed by atoms with Crippen LogP contribution in [0.25, 0.3) is 5.69 Å². The molecule has 0 saturated heterocycles. The minimum Gasteiger partial charge on any atom is -0.468 e. The molecular weight excluding hydrogens is 312 g/mol. The predicted molar refractivity (Wildman–Crippen MR) is 87.9 cm³/mol. The third kappa shape index (κ3) is 3.32. The van der Waals surface area contributed by atoms with Crippen LogP contribution in [0.4, 0.5) is 0 Å². The molecule has 2 heterocycles. The molecule has 2 aromatic heterocycles. The maximum absolute atomic E-state index is 11.7. The number of aryl methyl sites for hydroxylation is 1. The van der Waals surface area contributed by atoms with Crippen LogP contribution in [0.15, 0.2) is 58.6 Å². The summed E-state index contributed by atoms with van der Waals surface area (Å²) in [6.07, 6.45) is 5.17. The number of carbonyl (C=O) groups is 1. The summed E-state index contributed by atoms with van der Waals surface area (Å²) in [6, 6.07) is 9.82. The molecule has 0 atom stereocenters. The molecule has 0 unspecified atom stereocenters. The predicted octanol–water partition coefficient (Wildman–Crippen LogP) is 3.85. The summed E-state index contributed by atoms with van der Waals surface area (Å²) in [4.78, 5) is 16.1. The van der Waals surface area contributed by atoms with Gasteiger partial charge in [0.15, 0.2) is 5.16 Å². The van der Waals surface area contributed by atoms with Crippen LogP contribution in [-0.2, 0) is 10.5 Å². The zero-order valence-corrected chi connectivity index (χ0v) is 13.7. The van der Waals surface area contributed by atoms with Gasteiger partial charge in [-0.15, -0.1) is 0 Å². The molecule has 0 fully saturated rings. The topological polar surface area (TPSA) is 57.3 Å². The van der Waals surface area contributed by atoms with Crippen molar-refractivity contribution in [2.24, 2.45) is 0 Å². The Morgan fingerprint density at radius 1 is 1.39 bits per heavy atom. The zero-order chi connectivity index (χ0) is 16.2. The summed E-state index contributed by atoms with van der Waals surface area (Å²) in [5.74, 6) is 0.692. The van der Waals surface area contributed by atoms with Crippen LogP contribution in [-0.4, -0.2) is 22.6 Å². The van der Waals surface area contributed by atoms with E-state index in [4.69, 9.17) is 9.15 Å². The van der Waals surface area contributed by atoms with E-state index in [1.54, 1.807) is 12.3 Å². The quantitative estimate of drug-likeness (QED) is 0.526. The van der Waals surface area contributed by atoms with Gasteiger partial charge in [0.05, 0.1) is 19.1 Å². The first-order chi connectivity index (χ1) is 11.2. The van der Waals surface area contributed by atoms with Crippen LogP contribution in [0.2, 0.25) is 0 Å². The molecule has 0 radical (unpaired) electrons. The first-order valence-corrected chi connectivity index (χ1v) is 8.05. The van der Waals surface area contributed by atoms with Gasteiger partial charge >= 0.3 is 5.97 Å². The summed E-state index contributed by atoms with van der Waals surface area (Å²) < 4.78 is 12.2. The number of methoxy groups -OCH3 is 1. The Hall–Kier alpha value is -2.47. The van der Waals surface area contributed by atoms with Gasteiger partial charge in [-0.1, -0.05) is 23.9 Å². The van der Waals surface area contributed by atoms with Crippen molar-refractivity contribution >= 4 is 17.7 Å². The normalized spacial score (nSPS) is 10.7. The summed E-state index contributed by atoms with van der Waals surface area (Å²) in [5.41, 5.74) is 2.69. The molecule has 1 aromatic carbocycles. The Labute approximate surface area is 138 Å². The molecule has 0 N–H and O–H groups in total. The first-order valence-electron chi connectivity index (χ1n) is 7.07. The lowest BCUT2D eigenvalue weighted by Gasteiger charge is -2.08. The van der Waals surface area contributed by atoms with Crippen molar-refractivity contribution < 1.29 is 13.9 Å². The number of furan rings is 1. The van der Waals surface area contributed by atoms with E-state index in [1.165, 1.54) is 30.7 Å². The van der Waals surface area contributed by atoms with Gasteiger partial charge < -0.3 is 9.15 Å². The molecule has 118 valence electrons. The van der Waals surface area contributed by atoms with Crippen molar-refractivity contribution in [1.82, 2.24) is 9.55 Å². The van der Waals surface area contributed by atoms with Crippen LogP contribution >= 0.6 is 11.8 Å². The molecule has 3 rings (SSSR count). The molecular formula is C17H16N2O3S. The van der Waals surface area contributed by atoms with E-state index in [0.717, 1.165) is 10.8 Å². The second-order valence-corrected chi connectivity index (χ2v) is 5.90. The zero-order valence-electron chi connectivity index (χ0n) is 12.9. The molecule has 5 nitrogen and oxygen atoms in total. The number of esters is 1. The average molecular weight is 328 g/mol. The molecule has 0 aliphatic heterocycles. The number of benzene rings is 1. The van der Waals surface area contributed by atoms with E-state index in [0.29, 0.717) is 17.1 Å². The van der Waals surface area contributed by atoms with E-state index in [2.05, 4.69) is 24.0 Å². The number of nitrogens with zero attached hydrogens (tertiary/aromatic N) is 2. The number of imidazole rings is 1. The fourth-order valence-corrected chi connectivity index (χ4v) is 3.17. The Bertz CT molecular complexity index is 823. The van der Waals surface area contributed by atoms with Gasteiger partial charge in [0.1, 0.15) is 11.3 Å². The van der Waals surface area contributed by atoms with Crippen LogP contribution in [0.3, 0.4) is 0 Å². The van der Waals surface area contributed by atoms with Crippen LogP contribution < -0.4 is 0 Å². The van der Waals surface area contributed by atoms with Crippen molar-refractivity contribution in [2.75, 3.05) is 7.11 Å². The minimum atomic E-state index is -0.392. The van der Waals surface area contributed by atoms with Gasteiger partial charge in [-0.3, -0.25) is 4.57 Å². The van der Waals surface area contributed by atoms with Gasteiger partial charge in [0.25, 0.3) is 0 Å². The average Bonchev–Trinajstić information content (AvgIpc) is 3.21. The highest BCUT2D eigenvalue weighted by atomic mass is 32.2. The molecule has 0 aliphatic rings. The summed E-state index contributed by atoms with van der Waals surface area (Å²) in [5, 5.41) is 0.836. The summed E-state index contributed by atoms with van der Waals surface area (Å²) >= 11 is 1.50. The number of rotatable bonds is 5. The molecule has 0 amide bonds. The van der Waals surface area contributed by atoms with Crippen molar-refractivity contribution in [3.05, 3.63) is 65.9 Å². The highest BCUT2D eigenvalue weighted by Crippen LogP contribution is 2.26. The fourth-order valence-electron chi connectivity index (χ4n) is 2.25. The van der Waals surface area contributed by atoms with Crippen LogP contribution in [0.1, 0.15) is 21.7 Å². The molecule has 23 heavy (non-hydrogen) atoms. The Morgan fingerprint density at radius 2 is 2.26 bits per heavy atom. The second kappa shape index (κ2) is 6.75. The lowest BCUT2D eigenvalue weighted by Crippen LogP contribution is -2.02. The number of hydrogen-bond acceptors (Lipinski definition) is 5. The third-order valence-electron chi connectivity index (χ3n) is 3.37. The number of thioether (sulfide) groups is 1. The Kier molecular flexibility index (Phi) is 4.52. The largest absolute Gasteiger partial charge is 0.468 e. The lowest BCUT2D eigenvalue weighted by atomic mass is 10.2. The fraction of sp³-hybridized carbons (Fsp3) is 0.176. The number of ether oxygens (including phenoxy) is 1. The molecule has 0 bridgehead atoms. The van der Waals surface area contributed by atoms with E-state index in [9.17, 15) is 4.79 Å². The van der Waals surface area contributed by atoms with Gasteiger partial charge in [-0.2, -0.15) is 0 Å². The number of hydrogen-bond donors (Lipinski definition) is 0. The van der Waals surface area contributed by atoms with E-state index in [-0.39, 0.29) is 0 Å². The van der Waals surface area contributed by atoms with Crippen molar-refractivity contribution in [3.8, 4) is 5.69 Å². The Morgan fingerprint density at radius 3 is 3.04 bits per heavy atom. The third-order valence-corrected chi connectivity index (χ3v) is 4.34. The molecule has 0 spiro atoms. The minimum absolute atomic E-state index is 0.392. The molecule has 0 saturated carbocycles. The SMILES string of the molecule is COC(=O)c1ccoc1CSc1nccn1-c1cccc(C)c1. The number of carbonyl (C=O) groups excluding carboxylic acids is 1. The maximum atomic E-state index is 11.7. The van der Waals surface area contributed by atoms with Gasteiger partial charge in [0, 0.05) is 18.1 Å². The highest BCUT2D eigenvalue weighted by Gasteiger charge is 2.16. The van der Waals surface area contributed by atoms with Gasteiger partial charge in [-0.05, 0) is 30.7 Å². The van der Waals surface area contributed by atoms with Crippen LogP contribution in [0, 0.1) is 6.92 Å². The lowest BCUT2D eigenvalue weighted by molar-refractivity contribution is 0.0598. The van der Waals surface area contributed by atoms with Crippen molar-refractivity contribution in [3.63, 3.8) is 0 Å². The first kappa shape index (κ1) is 15.4. The molecule has 0 aliphatic carbocycles. The van der Waals surface area contributed by atoms with Crippen LogP contribution in [0.5, 0.6) is 0 Å². The Balaban J connectivity index is 1.79. The van der Waals surface area contributed by atoms with Gasteiger partial charge in [-0.25, -0.2) is 9.78 Å². The van der Waals surface area contributed by atoms with E-state index < -0.39 is 5.97 Å². The van der Waals surface area contributed by atoms with E-state index in [1.807, 2.05) is 22.9 Å². The highest BCUT2D eigenvalue weighted by molar-refractivity contribution is 7.98. The van der Waals surface area contributed by atoms with Crippen molar-refractivity contribution in [1.29, 1.82) is 0 Å². The number of aromatic nitrogens is 2. The molecule has 3 aromatic rings. The second-order valence-electron chi connectivity index (χ2n) is 4.96. The monoisotopic (exact) mass is 328 g/mol. The smallest absolute Gasteiger partial charge is 0.341 e. The standard InChI is InChI=1S/C17H16N2O3S/c1-12-4-3-5-13(10-12)19-8-7-18-17(19)23-11-15-14(6-9-22-15)16(20)21-2/h3-10H,11H2,1-2H3. The maximum Gasteiger partial charge on any atom is 0.341 e. The van der Waals surface area contributed by atoms with Gasteiger partial charge in [0.2, 0.25) is 0 Å². The summed E-state index contributed by atoms with van der Waals surface area (Å²) in [7, 11) is 1.36. The van der Waals surface area contributed by atoms with Crippen molar-refractivity contribution in [2.45, 2.75) is 17.8 Å².